The molecule has 0 radical (unpaired) electrons. The van der Waals surface area contributed by atoms with Gasteiger partial charge in [-0.2, -0.15) is 4.31 Å². The molecule has 0 aromatic heterocycles. The highest BCUT2D eigenvalue weighted by Crippen LogP contribution is 2.36. The lowest BCUT2D eigenvalue weighted by Crippen LogP contribution is -2.58. The number of sulfone groups is 1. The van der Waals surface area contributed by atoms with E-state index in [0.717, 1.165) is 19.3 Å². The predicted octanol–water partition coefficient (Wildman–Crippen LogP) is 1.58. The molecular weight excluding hydrogens is 378 g/mol. The third-order valence-electron chi connectivity index (χ3n) is 5.45. The van der Waals surface area contributed by atoms with Crippen LogP contribution in [0.2, 0.25) is 0 Å². The SMILES string of the molecule is O=S(=O)(C1CCCCC1)C1CN(S(=O)(=O)c2ccc3c(c2)OCCO3)C1. The molecule has 1 saturated carbocycles. The first-order valence-electron chi connectivity index (χ1n) is 9.01. The fourth-order valence-corrected chi connectivity index (χ4v) is 7.85. The Bertz CT molecular complexity index is 884. The van der Waals surface area contributed by atoms with Crippen molar-refractivity contribution < 1.29 is 26.3 Å². The first-order chi connectivity index (χ1) is 12.4. The van der Waals surface area contributed by atoms with Crippen LogP contribution in [0.25, 0.3) is 0 Å². The van der Waals surface area contributed by atoms with Crippen LogP contribution < -0.4 is 9.47 Å². The molecule has 2 heterocycles. The van der Waals surface area contributed by atoms with Gasteiger partial charge in [0.2, 0.25) is 10.0 Å². The molecule has 0 N–H and O–H groups in total. The summed E-state index contributed by atoms with van der Waals surface area (Å²) in [5, 5.41) is -0.891. The monoisotopic (exact) mass is 401 g/mol. The topological polar surface area (TPSA) is 90.0 Å². The smallest absolute Gasteiger partial charge is 0.243 e. The second-order valence-electron chi connectivity index (χ2n) is 7.10. The molecular formula is C17H23NO6S2. The first-order valence-corrected chi connectivity index (χ1v) is 12.1. The molecule has 2 fully saturated rings. The fraction of sp³-hybridized carbons (Fsp3) is 0.647. The van der Waals surface area contributed by atoms with E-state index in [1.807, 2.05) is 0 Å². The summed E-state index contributed by atoms with van der Waals surface area (Å²) in [6.07, 6.45) is 4.37. The largest absolute Gasteiger partial charge is 0.486 e. The zero-order valence-electron chi connectivity index (χ0n) is 14.5. The van der Waals surface area contributed by atoms with E-state index in [4.69, 9.17) is 9.47 Å². The molecule has 0 bridgehead atoms. The minimum atomic E-state index is -3.73. The molecule has 0 amide bonds. The van der Waals surface area contributed by atoms with Gasteiger partial charge >= 0.3 is 0 Å². The molecule has 9 heteroatoms. The summed E-state index contributed by atoms with van der Waals surface area (Å²) in [5.74, 6) is 0.931. The Labute approximate surface area is 154 Å². The molecule has 1 aliphatic carbocycles. The molecule has 0 unspecified atom stereocenters. The summed E-state index contributed by atoms with van der Waals surface area (Å²) < 4.78 is 63.1. The normalized spacial score (nSPS) is 22.8. The third kappa shape index (κ3) is 3.10. The lowest BCUT2D eigenvalue weighted by atomic mass is 10.0. The van der Waals surface area contributed by atoms with Crippen LogP contribution in [-0.2, 0) is 19.9 Å². The van der Waals surface area contributed by atoms with Crippen molar-refractivity contribution in [1.29, 1.82) is 0 Å². The van der Waals surface area contributed by atoms with Gasteiger partial charge in [-0.25, -0.2) is 16.8 Å². The molecule has 7 nitrogen and oxygen atoms in total. The molecule has 1 saturated heterocycles. The van der Waals surface area contributed by atoms with Crippen LogP contribution in [0.3, 0.4) is 0 Å². The minimum absolute atomic E-state index is 0.0373. The van der Waals surface area contributed by atoms with Gasteiger partial charge in [0.05, 0.1) is 15.4 Å². The van der Waals surface area contributed by atoms with Gasteiger partial charge in [-0.15, -0.1) is 0 Å². The number of nitrogens with zero attached hydrogens (tertiary/aromatic N) is 1. The fourth-order valence-electron chi connectivity index (χ4n) is 3.80. The van der Waals surface area contributed by atoms with Crippen molar-refractivity contribution in [3.63, 3.8) is 0 Å². The van der Waals surface area contributed by atoms with E-state index in [2.05, 4.69) is 0 Å². The molecule has 2 aliphatic heterocycles. The number of sulfonamides is 1. The van der Waals surface area contributed by atoms with Crippen LogP contribution in [0.1, 0.15) is 32.1 Å². The van der Waals surface area contributed by atoms with E-state index < -0.39 is 25.1 Å². The Balaban J connectivity index is 1.47. The Morgan fingerprint density at radius 1 is 0.846 bits per heavy atom. The molecule has 1 aromatic carbocycles. The zero-order valence-corrected chi connectivity index (χ0v) is 16.1. The van der Waals surface area contributed by atoms with Gasteiger partial charge in [0.1, 0.15) is 13.2 Å². The first kappa shape index (κ1) is 18.1. The van der Waals surface area contributed by atoms with Gasteiger partial charge in [-0.3, -0.25) is 0 Å². The summed E-state index contributed by atoms with van der Waals surface area (Å²) in [7, 11) is -6.99. The van der Waals surface area contributed by atoms with Gasteiger partial charge in [0.25, 0.3) is 0 Å². The second-order valence-corrected chi connectivity index (χ2v) is 11.5. The van der Waals surface area contributed by atoms with Crippen molar-refractivity contribution in [1.82, 2.24) is 4.31 Å². The van der Waals surface area contributed by atoms with Crippen molar-refractivity contribution in [3.05, 3.63) is 18.2 Å². The lowest BCUT2D eigenvalue weighted by molar-refractivity contribution is 0.171. The highest BCUT2D eigenvalue weighted by Gasteiger charge is 2.46. The summed E-state index contributed by atoms with van der Waals surface area (Å²) >= 11 is 0. The maximum Gasteiger partial charge on any atom is 0.243 e. The predicted molar refractivity (Wildman–Crippen MR) is 95.8 cm³/mol. The number of fused-ring (bicyclic) bond motifs is 1. The van der Waals surface area contributed by atoms with Crippen LogP contribution in [0.15, 0.2) is 23.1 Å². The van der Waals surface area contributed by atoms with Crippen LogP contribution in [0.4, 0.5) is 0 Å². The molecule has 0 atom stereocenters. The van der Waals surface area contributed by atoms with Crippen LogP contribution in [-0.4, -0.2) is 57.9 Å². The molecule has 1 aromatic rings. The highest BCUT2D eigenvalue weighted by molar-refractivity contribution is 7.93. The summed E-state index contributed by atoms with van der Waals surface area (Å²) in [4.78, 5) is 0.107. The summed E-state index contributed by atoms with van der Waals surface area (Å²) in [6, 6.07) is 4.51. The molecule has 0 spiro atoms. The number of hydrogen-bond acceptors (Lipinski definition) is 6. The van der Waals surface area contributed by atoms with Crippen molar-refractivity contribution in [3.8, 4) is 11.5 Å². The quantitative estimate of drug-likeness (QED) is 0.761. The van der Waals surface area contributed by atoms with E-state index >= 15 is 0 Å². The number of hydrogen-bond donors (Lipinski definition) is 0. The van der Waals surface area contributed by atoms with E-state index in [1.54, 1.807) is 6.07 Å². The van der Waals surface area contributed by atoms with E-state index in [-0.39, 0.29) is 23.2 Å². The van der Waals surface area contributed by atoms with Gasteiger partial charge in [0.15, 0.2) is 21.3 Å². The van der Waals surface area contributed by atoms with E-state index in [0.29, 0.717) is 37.6 Å². The lowest BCUT2D eigenvalue weighted by Gasteiger charge is -2.39. The Hall–Kier alpha value is -1.32. The number of benzene rings is 1. The van der Waals surface area contributed by atoms with Crippen LogP contribution in [0.5, 0.6) is 11.5 Å². The van der Waals surface area contributed by atoms with Crippen LogP contribution in [0, 0.1) is 0 Å². The van der Waals surface area contributed by atoms with Crippen molar-refractivity contribution in [2.45, 2.75) is 47.5 Å². The molecule has 144 valence electrons. The molecule has 4 rings (SSSR count). The summed E-state index contributed by atoms with van der Waals surface area (Å²) in [5.41, 5.74) is 0. The van der Waals surface area contributed by atoms with Crippen molar-refractivity contribution >= 4 is 19.9 Å². The zero-order chi connectivity index (χ0) is 18.4. The average molecular weight is 402 g/mol. The van der Waals surface area contributed by atoms with Crippen molar-refractivity contribution in [2.75, 3.05) is 26.3 Å². The highest BCUT2D eigenvalue weighted by atomic mass is 32.2. The Morgan fingerprint density at radius 3 is 2.19 bits per heavy atom. The average Bonchev–Trinajstić information content (AvgIpc) is 2.60. The number of ether oxygens (including phenoxy) is 2. The molecule has 3 aliphatic rings. The molecule has 26 heavy (non-hydrogen) atoms. The maximum atomic E-state index is 12.8. The van der Waals surface area contributed by atoms with Gasteiger partial charge in [-0.05, 0) is 25.0 Å². The van der Waals surface area contributed by atoms with Crippen LogP contribution >= 0.6 is 0 Å². The van der Waals surface area contributed by atoms with E-state index in [9.17, 15) is 16.8 Å². The standard InChI is InChI=1S/C17H23NO6S2/c19-25(20,13-4-2-1-3-5-13)15-11-18(12-15)26(21,22)14-6-7-16-17(10-14)24-9-8-23-16/h6-7,10,13,15H,1-5,8-9,11-12H2. The van der Waals surface area contributed by atoms with Gasteiger partial charge in [0, 0.05) is 19.2 Å². The minimum Gasteiger partial charge on any atom is -0.486 e. The Kier molecular flexibility index (Phi) is 4.65. The van der Waals surface area contributed by atoms with E-state index in [1.165, 1.54) is 16.4 Å². The van der Waals surface area contributed by atoms with Gasteiger partial charge in [-0.1, -0.05) is 19.3 Å². The van der Waals surface area contributed by atoms with Crippen molar-refractivity contribution in [2.24, 2.45) is 0 Å². The Morgan fingerprint density at radius 2 is 1.50 bits per heavy atom. The second kappa shape index (κ2) is 6.69. The summed E-state index contributed by atoms with van der Waals surface area (Å²) in [6.45, 7) is 0.888. The maximum absolute atomic E-state index is 12.8. The third-order valence-corrected chi connectivity index (χ3v) is 9.90. The number of rotatable bonds is 4. The van der Waals surface area contributed by atoms with Gasteiger partial charge < -0.3 is 9.47 Å².